The minimum absolute atomic E-state index is 0.0281. The van der Waals surface area contributed by atoms with E-state index in [1.807, 2.05) is 13.0 Å². The summed E-state index contributed by atoms with van der Waals surface area (Å²) in [5, 5.41) is 6.73. The summed E-state index contributed by atoms with van der Waals surface area (Å²) in [6.45, 7) is 9.63. The Morgan fingerprint density at radius 3 is 2.44 bits per heavy atom. The lowest BCUT2D eigenvalue weighted by atomic mass is 9.84. The summed E-state index contributed by atoms with van der Waals surface area (Å²) in [5.74, 6) is -0.617. The molecule has 10 heteroatoms. The minimum atomic E-state index is -0.621. The fourth-order valence-electron chi connectivity index (χ4n) is 4.64. The molecule has 9 nitrogen and oxygen atoms in total. The summed E-state index contributed by atoms with van der Waals surface area (Å²) < 4.78 is 1.22. The number of amides is 3. The number of hydrogen-bond acceptors (Lipinski definition) is 5. The van der Waals surface area contributed by atoms with Crippen LogP contribution in [0.3, 0.4) is 0 Å². The summed E-state index contributed by atoms with van der Waals surface area (Å²) in [5.41, 5.74) is 0.785. The molecule has 2 fully saturated rings. The quantitative estimate of drug-likeness (QED) is 0.436. The van der Waals surface area contributed by atoms with Gasteiger partial charge in [-0.15, -0.1) is 0 Å². The topological polar surface area (TPSA) is 113 Å². The van der Waals surface area contributed by atoms with Crippen LogP contribution >= 0.6 is 11.6 Å². The second kappa shape index (κ2) is 11.7. The Hall–Kier alpha value is -3.46. The Balaban J connectivity index is 1.65. The van der Waals surface area contributed by atoms with Crippen molar-refractivity contribution in [1.82, 2.24) is 25.1 Å². The zero-order valence-electron chi connectivity index (χ0n) is 23.0. The van der Waals surface area contributed by atoms with Crippen LogP contribution in [0.1, 0.15) is 67.7 Å². The SMILES string of the molecule is CC(Cl)=CC=C(C)CCNC(=O)c1cc2c(C(=O)NCC3CC3)ccnc2n(CC(=O)N2CC(C)(C)C2)c1=O. The van der Waals surface area contributed by atoms with Crippen molar-refractivity contribution in [2.24, 2.45) is 11.3 Å². The van der Waals surface area contributed by atoms with Crippen LogP contribution in [0.15, 0.2) is 45.9 Å². The molecule has 0 unspecified atom stereocenters. The highest BCUT2D eigenvalue weighted by molar-refractivity contribution is 6.29. The largest absolute Gasteiger partial charge is 0.352 e. The van der Waals surface area contributed by atoms with E-state index in [-0.39, 0.29) is 35.0 Å². The number of carbonyl (C=O) groups excluding carboxylic acids is 3. The van der Waals surface area contributed by atoms with Gasteiger partial charge in [-0.25, -0.2) is 4.98 Å². The van der Waals surface area contributed by atoms with Crippen LogP contribution < -0.4 is 16.2 Å². The zero-order chi connectivity index (χ0) is 28.3. The molecule has 1 aliphatic carbocycles. The van der Waals surface area contributed by atoms with Crippen molar-refractivity contribution in [3.05, 3.63) is 62.6 Å². The summed E-state index contributed by atoms with van der Waals surface area (Å²) in [6.07, 6.45) is 7.85. The standard InChI is InChI=1S/C29H36ClN5O4/c1-18(5-6-19(2)30)9-11-32-27(38)23-13-22-21(26(37)33-14-20-7-8-20)10-12-31-25(22)35(28(23)39)15-24(36)34-16-29(3,4)17-34/h5-6,10,12-13,20H,7-9,11,14-17H2,1-4H3,(H,32,38)(H,33,37). The van der Waals surface area contributed by atoms with Gasteiger partial charge in [0.15, 0.2) is 0 Å². The highest BCUT2D eigenvalue weighted by atomic mass is 35.5. The number of aromatic nitrogens is 2. The molecular formula is C29H36ClN5O4. The number of fused-ring (bicyclic) bond motifs is 1. The van der Waals surface area contributed by atoms with Crippen molar-refractivity contribution in [1.29, 1.82) is 0 Å². The fourth-order valence-corrected chi connectivity index (χ4v) is 4.70. The van der Waals surface area contributed by atoms with Crippen molar-refractivity contribution < 1.29 is 14.4 Å². The lowest BCUT2D eigenvalue weighted by Gasteiger charge is -2.45. The first-order valence-electron chi connectivity index (χ1n) is 13.3. The van der Waals surface area contributed by atoms with Crippen molar-refractivity contribution in [3.8, 4) is 0 Å². The third-order valence-corrected chi connectivity index (χ3v) is 7.14. The van der Waals surface area contributed by atoms with Crippen LogP contribution in [0.25, 0.3) is 11.0 Å². The molecule has 4 rings (SSSR count). The van der Waals surface area contributed by atoms with E-state index in [4.69, 9.17) is 11.6 Å². The zero-order valence-corrected chi connectivity index (χ0v) is 23.7. The molecule has 0 aromatic carbocycles. The first-order chi connectivity index (χ1) is 18.4. The number of allylic oxidation sites excluding steroid dienone is 3. The van der Waals surface area contributed by atoms with E-state index in [0.717, 1.165) is 18.4 Å². The summed E-state index contributed by atoms with van der Waals surface area (Å²) >= 11 is 5.87. The number of pyridine rings is 2. The first-order valence-corrected chi connectivity index (χ1v) is 13.7. The van der Waals surface area contributed by atoms with Gasteiger partial charge in [0, 0.05) is 42.8 Å². The number of nitrogens with zero attached hydrogens (tertiary/aromatic N) is 3. The molecule has 2 aromatic rings. The number of hydrogen-bond donors (Lipinski definition) is 2. The minimum Gasteiger partial charge on any atom is -0.352 e. The molecule has 39 heavy (non-hydrogen) atoms. The Bertz CT molecular complexity index is 1410. The van der Waals surface area contributed by atoms with Gasteiger partial charge in [0.1, 0.15) is 17.8 Å². The Labute approximate surface area is 233 Å². The van der Waals surface area contributed by atoms with Gasteiger partial charge < -0.3 is 15.5 Å². The first kappa shape index (κ1) is 28.5. The molecule has 1 aliphatic heterocycles. The average molecular weight is 554 g/mol. The molecule has 2 N–H and O–H groups in total. The van der Waals surface area contributed by atoms with E-state index < -0.39 is 11.5 Å². The predicted molar refractivity (Wildman–Crippen MR) is 152 cm³/mol. The monoisotopic (exact) mass is 553 g/mol. The maximum absolute atomic E-state index is 13.6. The molecular weight excluding hydrogens is 518 g/mol. The molecule has 3 amide bonds. The van der Waals surface area contributed by atoms with Gasteiger partial charge in [-0.3, -0.25) is 23.7 Å². The number of halogens is 1. The molecule has 2 aliphatic rings. The van der Waals surface area contributed by atoms with Gasteiger partial charge in [-0.1, -0.05) is 37.1 Å². The van der Waals surface area contributed by atoms with Crippen molar-refractivity contribution in [3.63, 3.8) is 0 Å². The summed E-state index contributed by atoms with van der Waals surface area (Å²) in [7, 11) is 0. The third-order valence-electron chi connectivity index (χ3n) is 7.01. The van der Waals surface area contributed by atoms with Crippen molar-refractivity contribution >= 4 is 40.4 Å². The van der Waals surface area contributed by atoms with Crippen LogP contribution in [0.2, 0.25) is 0 Å². The molecule has 2 aromatic heterocycles. The normalized spacial score (nSPS) is 17.1. The van der Waals surface area contributed by atoms with Crippen LogP contribution in [0.5, 0.6) is 0 Å². The van der Waals surface area contributed by atoms with Gasteiger partial charge in [0.05, 0.1) is 5.56 Å². The molecule has 208 valence electrons. The molecule has 1 saturated heterocycles. The number of nitrogens with one attached hydrogen (secondary N) is 2. The van der Waals surface area contributed by atoms with E-state index >= 15 is 0 Å². The van der Waals surface area contributed by atoms with Crippen LogP contribution in [0, 0.1) is 11.3 Å². The number of likely N-dealkylation sites (tertiary alicyclic amines) is 1. The number of rotatable bonds is 10. The molecule has 0 spiro atoms. The maximum atomic E-state index is 13.6. The summed E-state index contributed by atoms with van der Waals surface area (Å²) in [4.78, 5) is 58.9. The Morgan fingerprint density at radius 1 is 1.10 bits per heavy atom. The van der Waals surface area contributed by atoms with Crippen LogP contribution in [0.4, 0.5) is 0 Å². The molecule has 0 radical (unpaired) electrons. The highest BCUT2D eigenvalue weighted by Crippen LogP contribution is 2.29. The number of carbonyl (C=O) groups is 3. The van der Waals surface area contributed by atoms with E-state index in [1.54, 1.807) is 24.0 Å². The van der Waals surface area contributed by atoms with E-state index in [9.17, 15) is 19.2 Å². The second-order valence-electron chi connectivity index (χ2n) is 11.4. The average Bonchev–Trinajstić information content (AvgIpc) is 3.70. The van der Waals surface area contributed by atoms with Gasteiger partial charge >= 0.3 is 0 Å². The lowest BCUT2D eigenvalue weighted by molar-refractivity contribution is -0.142. The van der Waals surface area contributed by atoms with Gasteiger partial charge in [0.25, 0.3) is 17.4 Å². The van der Waals surface area contributed by atoms with Gasteiger partial charge in [-0.05, 0) is 62.7 Å². The Morgan fingerprint density at radius 2 is 1.79 bits per heavy atom. The second-order valence-corrected chi connectivity index (χ2v) is 12.0. The highest BCUT2D eigenvalue weighted by Gasteiger charge is 2.37. The lowest BCUT2D eigenvalue weighted by Crippen LogP contribution is -2.56. The fraction of sp³-hybridized carbons (Fsp3) is 0.483. The predicted octanol–water partition coefficient (Wildman–Crippen LogP) is 3.61. The summed E-state index contributed by atoms with van der Waals surface area (Å²) in [6, 6.07) is 2.99. The molecule has 3 heterocycles. The van der Waals surface area contributed by atoms with E-state index in [0.29, 0.717) is 54.5 Å². The van der Waals surface area contributed by atoms with Crippen LogP contribution in [-0.4, -0.2) is 58.4 Å². The maximum Gasteiger partial charge on any atom is 0.265 e. The molecule has 0 bridgehead atoms. The third kappa shape index (κ3) is 7.15. The van der Waals surface area contributed by atoms with Crippen molar-refractivity contribution in [2.75, 3.05) is 26.2 Å². The van der Waals surface area contributed by atoms with E-state index in [1.165, 1.54) is 16.8 Å². The molecule has 0 atom stereocenters. The molecule has 1 saturated carbocycles. The van der Waals surface area contributed by atoms with Crippen LogP contribution in [-0.2, 0) is 11.3 Å². The van der Waals surface area contributed by atoms with Gasteiger partial charge in [-0.2, -0.15) is 0 Å². The van der Waals surface area contributed by atoms with Crippen molar-refractivity contribution in [2.45, 2.75) is 53.5 Å². The van der Waals surface area contributed by atoms with Gasteiger partial charge in [0.2, 0.25) is 5.91 Å². The Kier molecular flexibility index (Phi) is 8.59. The van der Waals surface area contributed by atoms with E-state index in [2.05, 4.69) is 29.5 Å². The smallest absolute Gasteiger partial charge is 0.265 e.